The van der Waals surface area contributed by atoms with Crippen LogP contribution in [0, 0.1) is 5.82 Å². The van der Waals surface area contributed by atoms with Crippen molar-refractivity contribution in [2.45, 2.75) is 6.54 Å². The van der Waals surface area contributed by atoms with Crippen LogP contribution in [0.3, 0.4) is 0 Å². The Bertz CT molecular complexity index is 669. The number of carbonyl (C=O) groups excluding carboxylic acids is 1. The standard InChI is InChI=1S/C14H16BrFN4O/c1-19(2)5-6-20-13(10(15)8-18-20)14(21)9-3-4-12(17)11(16)7-9/h3-4,7-8H,5-6,17H2,1-2H3. The molecule has 0 aliphatic carbocycles. The lowest BCUT2D eigenvalue weighted by molar-refractivity contribution is 0.102. The minimum Gasteiger partial charge on any atom is -0.396 e. The molecular weight excluding hydrogens is 339 g/mol. The highest BCUT2D eigenvalue weighted by Gasteiger charge is 2.19. The minimum atomic E-state index is -0.601. The van der Waals surface area contributed by atoms with Crippen molar-refractivity contribution < 1.29 is 9.18 Å². The summed E-state index contributed by atoms with van der Waals surface area (Å²) in [7, 11) is 3.88. The third kappa shape index (κ3) is 3.48. The van der Waals surface area contributed by atoms with Crippen molar-refractivity contribution in [1.82, 2.24) is 14.7 Å². The molecule has 0 bridgehead atoms. The summed E-state index contributed by atoms with van der Waals surface area (Å²) in [6.45, 7) is 1.31. The maximum absolute atomic E-state index is 13.5. The molecule has 2 N–H and O–H groups in total. The van der Waals surface area contributed by atoms with E-state index in [-0.39, 0.29) is 17.0 Å². The second kappa shape index (κ2) is 6.36. The predicted molar refractivity (Wildman–Crippen MR) is 82.7 cm³/mol. The second-order valence-corrected chi connectivity index (χ2v) is 5.79. The number of nitrogens with two attached hydrogens (primary N) is 1. The van der Waals surface area contributed by atoms with E-state index in [9.17, 15) is 9.18 Å². The first-order valence-corrected chi connectivity index (χ1v) is 7.15. The van der Waals surface area contributed by atoms with Crippen molar-refractivity contribution in [2.75, 3.05) is 26.4 Å². The number of ketones is 1. The molecule has 2 aromatic rings. The third-order valence-electron chi connectivity index (χ3n) is 3.03. The van der Waals surface area contributed by atoms with Gasteiger partial charge in [0.1, 0.15) is 11.5 Å². The Kier molecular flexibility index (Phi) is 4.74. The Balaban J connectivity index is 2.34. The smallest absolute Gasteiger partial charge is 0.212 e. The van der Waals surface area contributed by atoms with E-state index in [2.05, 4.69) is 21.0 Å². The maximum atomic E-state index is 13.5. The van der Waals surface area contributed by atoms with E-state index in [1.807, 2.05) is 19.0 Å². The molecule has 1 aromatic carbocycles. The number of benzene rings is 1. The van der Waals surface area contributed by atoms with Gasteiger partial charge in [0.25, 0.3) is 0 Å². The molecule has 0 saturated heterocycles. The molecule has 112 valence electrons. The van der Waals surface area contributed by atoms with Gasteiger partial charge in [-0.25, -0.2) is 4.39 Å². The Morgan fingerprint density at radius 1 is 1.48 bits per heavy atom. The molecule has 0 spiro atoms. The fourth-order valence-electron chi connectivity index (χ4n) is 1.86. The molecule has 0 fully saturated rings. The van der Waals surface area contributed by atoms with Crippen LogP contribution < -0.4 is 5.73 Å². The van der Waals surface area contributed by atoms with E-state index in [4.69, 9.17) is 5.73 Å². The van der Waals surface area contributed by atoms with Gasteiger partial charge >= 0.3 is 0 Å². The highest BCUT2D eigenvalue weighted by molar-refractivity contribution is 9.10. The fourth-order valence-corrected chi connectivity index (χ4v) is 2.33. The molecule has 5 nitrogen and oxygen atoms in total. The van der Waals surface area contributed by atoms with Gasteiger partial charge in [-0.15, -0.1) is 0 Å². The van der Waals surface area contributed by atoms with Crippen molar-refractivity contribution in [3.8, 4) is 0 Å². The third-order valence-corrected chi connectivity index (χ3v) is 3.61. The molecule has 0 amide bonds. The average Bonchev–Trinajstić information content (AvgIpc) is 2.80. The van der Waals surface area contributed by atoms with Crippen molar-refractivity contribution in [3.05, 3.63) is 45.9 Å². The van der Waals surface area contributed by atoms with Crippen LogP contribution in [0.1, 0.15) is 16.1 Å². The zero-order chi connectivity index (χ0) is 15.6. The Labute approximate surface area is 130 Å². The number of hydrogen-bond donors (Lipinski definition) is 1. The van der Waals surface area contributed by atoms with Crippen LogP contribution >= 0.6 is 15.9 Å². The van der Waals surface area contributed by atoms with Gasteiger partial charge in [-0.1, -0.05) is 0 Å². The van der Waals surface area contributed by atoms with E-state index in [1.165, 1.54) is 12.1 Å². The minimum absolute atomic E-state index is 0.0201. The first kappa shape index (κ1) is 15.7. The van der Waals surface area contributed by atoms with E-state index < -0.39 is 5.82 Å². The van der Waals surface area contributed by atoms with Crippen LogP contribution in [0.15, 0.2) is 28.9 Å². The SMILES string of the molecule is CN(C)CCn1ncc(Br)c1C(=O)c1ccc(N)c(F)c1. The number of hydrogen-bond acceptors (Lipinski definition) is 4. The van der Waals surface area contributed by atoms with Gasteiger partial charge in [-0.2, -0.15) is 5.10 Å². The Hall–Kier alpha value is -1.73. The number of nitrogens with zero attached hydrogens (tertiary/aromatic N) is 3. The Morgan fingerprint density at radius 2 is 2.19 bits per heavy atom. The van der Waals surface area contributed by atoms with Crippen molar-refractivity contribution in [2.24, 2.45) is 0 Å². The van der Waals surface area contributed by atoms with Crippen LogP contribution in [0.5, 0.6) is 0 Å². The summed E-state index contributed by atoms with van der Waals surface area (Å²) in [5.74, 6) is -0.895. The summed E-state index contributed by atoms with van der Waals surface area (Å²) >= 11 is 3.32. The van der Waals surface area contributed by atoms with Gasteiger partial charge in [0.2, 0.25) is 5.78 Å². The van der Waals surface area contributed by atoms with Gasteiger partial charge < -0.3 is 10.6 Å². The second-order valence-electron chi connectivity index (χ2n) is 4.93. The van der Waals surface area contributed by atoms with Crippen molar-refractivity contribution >= 4 is 27.4 Å². The van der Waals surface area contributed by atoms with E-state index in [0.29, 0.717) is 16.7 Å². The fraction of sp³-hybridized carbons (Fsp3) is 0.286. The number of anilines is 1. The molecular formula is C14H16BrFN4O. The van der Waals surface area contributed by atoms with Crippen LogP contribution in [0.25, 0.3) is 0 Å². The quantitative estimate of drug-likeness (QED) is 0.660. The molecule has 0 aliphatic heterocycles. The van der Waals surface area contributed by atoms with Gasteiger partial charge in [0, 0.05) is 12.1 Å². The van der Waals surface area contributed by atoms with Crippen LogP contribution in [0.4, 0.5) is 10.1 Å². The van der Waals surface area contributed by atoms with Gasteiger partial charge in [-0.05, 0) is 48.2 Å². The first-order valence-electron chi connectivity index (χ1n) is 6.36. The molecule has 0 aliphatic rings. The number of aromatic nitrogens is 2. The number of nitrogen functional groups attached to an aromatic ring is 1. The molecule has 2 rings (SSSR count). The van der Waals surface area contributed by atoms with Crippen molar-refractivity contribution in [3.63, 3.8) is 0 Å². The molecule has 0 atom stereocenters. The summed E-state index contributed by atoms with van der Waals surface area (Å²) in [5, 5.41) is 4.18. The van der Waals surface area contributed by atoms with Gasteiger partial charge in [0.15, 0.2) is 0 Å². The summed E-state index contributed by atoms with van der Waals surface area (Å²) in [6, 6.07) is 4.04. The zero-order valence-corrected chi connectivity index (χ0v) is 13.4. The van der Waals surface area contributed by atoms with Crippen molar-refractivity contribution in [1.29, 1.82) is 0 Å². The van der Waals surface area contributed by atoms with Gasteiger partial charge in [0.05, 0.1) is 22.9 Å². The number of carbonyl (C=O) groups is 1. The number of halogens is 2. The highest BCUT2D eigenvalue weighted by Crippen LogP contribution is 2.21. The zero-order valence-electron chi connectivity index (χ0n) is 11.8. The molecule has 0 radical (unpaired) electrons. The Morgan fingerprint density at radius 3 is 2.81 bits per heavy atom. The first-order chi connectivity index (χ1) is 9.90. The largest absolute Gasteiger partial charge is 0.396 e. The number of likely N-dealkylation sites (N-methyl/N-ethyl adjacent to an activating group) is 1. The summed E-state index contributed by atoms with van der Waals surface area (Å²) in [6.07, 6.45) is 1.57. The monoisotopic (exact) mass is 354 g/mol. The molecule has 1 aromatic heterocycles. The van der Waals surface area contributed by atoms with E-state index >= 15 is 0 Å². The lowest BCUT2D eigenvalue weighted by Gasteiger charge is -2.12. The van der Waals surface area contributed by atoms with E-state index in [1.54, 1.807) is 10.9 Å². The summed E-state index contributed by atoms with van der Waals surface area (Å²) in [4.78, 5) is 14.5. The summed E-state index contributed by atoms with van der Waals surface area (Å²) in [5.41, 5.74) is 6.10. The predicted octanol–water partition coefficient (Wildman–Crippen LogP) is 2.16. The molecule has 21 heavy (non-hydrogen) atoms. The van der Waals surface area contributed by atoms with Crippen LogP contribution in [0.2, 0.25) is 0 Å². The molecule has 7 heteroatoms. The molecule has 0 unspecified atom stereocenters. The van der Waals surface area contributed by atoms with E-state index in [0.717, 1.165) is 12.6 Å². The van der Waals surface area contributed by atoms with Gasteiger partial charge in [-0.3, -0.25) is 9.48 Å². The van der Waals surface area contributed by atoms with Crippen LogP contribution in [-0.2, 0) is 6.54 Å². The number of rotatable bonds is 5. The lowest BCUT2D eigenvalue weighted by Crippen LogP contribution is -2.21. The topological polar surface area (TPSA) is 64.2 Å². The highest BCUT2D eigenvalue weighted by atomic mass is 79.9. The van der Waals surface area contributed by atoms with Crippen LogP contribution in [-0.4, -0.2) is 41.1 Å². The molecule has 1 heterocycles. The average molecular weight is 355 g/mol. The summed E-state index contributed by atoms with van der Waals surface area (Å²) < 4.78 is 15.7. The normalized spacial score (nSPS) is 11.1. The maximum Gasteiger partial charge on any atom is 0.212 e. The lowest BCUT2D eigenvalue weighted by atomic mass is 10.1. The molecule has 0 saturated carbocycles.